The summed E-state index contributed by atoms with van der Waals surface area (Å²) in [6, 6.07) is 1.65. The first-order valence-electron chi connectivity index (χ1n) is 7.27. The number of carbonyl (C=O) groups excluding carboxylic acids is 2. The number of rotatable bonds is 3. The van der Waals surface area contributed by atoms with E-state index in [1.807, 2.05) is 26.2 Å². The van der Waals surface area contributed by atoms with Crippen LogP contribution in [-0.4, -0.2) is 34.8 Å². The number of hydrogen-bond donors (Lipinski definition) is 1. The molecule has 1 N–H and O–H groups in total. The Morgan fingerprint density at radius 3 is 2.52 bits per heavy atom. The van der Waals surface area contributed by atoms with Crippen LogP contribution in [0.1, 0.15) is 40.2 Å². The zero-order chi connectivity index (χ0) is 15.8. The molecule has 2 rings (SSSR count). The molecule has 0 radical (unpaired) electrons. The number of hydrogen-bond acceptors (Lipinski definition) is 3. The zero-order valence-corrected chi connectivity index (χ0v) is 14.2. The SMILES string of the molecule is CC1(C)NC(=O)C(C(C)(C)C)N(CCc2ccsc2)C1=O. The van der Waals surface area contributed by atoms with Crippen molar-refractivity contribution in [3.63, 3.8) is 0 Å². The fraction of sp³-hybridized carbons (Fsp3) is 0.625. The second kappa shape index (κ2) is 5.44. The molecule has 21 heavy (non-hydrogen) atoms. The van der Waals surface area contributed by atoms with E-state index in [0.717, 1.165) is 6.42 Å². The number of carbonyl (C=O) groups is 2. The van der Waals surface area contributed by atoms with E-state index in [9.17, 15) is 9.59 Å². The summed E-state index contributed by atoms with van der Waals surface area (Å²) in [5, 5.41) is 6.98. The molecule has 1 aliphatic heterocycles. The van der Waals surface area contributed by atoms with E-state index in [2.05, 4.69) is 16.8 Å². The van der Waals surface area contributed by atoms with Crippen LogP contribution in [0.3, 0.4) is 0 Å². The van der Waals surface area contributed by atoms with Gasteiger partial charge in [-0.05, 0) is 48.1 Å². The Morgan fingerprint density at radius 1 is 1.33 bits per heavy atom. The van der Waals surface area contributed by atoms with Crippen LogP contribution in [0, 0.1) is 5.41 Å². The molecule has 2 heterocycles. The maximum absolute atomic E-state index is 12.7. The second-order valence-electron chi connectivity index (χ2n) is 7.26. The van der Waals surface area contributed by atoms with Gasteiger partial charge in [0.05, 0.1) is 0 Å². The van der Waals surface area contributed by atoms with Gasteiger partial charge in [-0.3, -0.25) is 9.59 Å². The van der Waals surface area contributed by atoms with Crippen LogP contribution in [-0.2, 0) is 16.0 Å². The van der Waals surface area contributed by atoms with Gasteiger partial charge in [0.2, 0.25) is 11.8 Å². The van der Waals surface area contributed by atoms with Crippen molar-refractivity contribution in [1.82, 2.24) is 10.2 Å². The lowest BCUT2D eigenvalue weighted by atomic mass is 9.81. The van der Waals surface area contributed by atoms with Gasteiger partial charge in [-0.2, -0.15) is 11.3 Å². The van der Waals surface area contributed by atoms with Gasteiger partial charge in [-0.25, -0.2) is 0 Å². The number of nitrogens with zero attached hydrogens (tertiary/aromatic N) is 1. The predicted molar refractivity (Wildman–Crippen MR) is 85.2 cm³/mol. The molecule has 2 amide bonds. The summed E-state index contributed by atoms with van der Waals surface area (Å²) >= 11 is 1.65. The van der Waals surface area contributed by atoms with Crippen molar-refractivity contribution < 1.29 is 9.59 Å². The van der Waals surface area contributed by atoms with Crippen LogP contribution < -0.4 is 5.32 Å². The van der Waals surface area contributed by atoms with Gasteiger partial charge < -0.3 is 10.2 Å². The van der Waals surface area contributed by atoms with Crippen molar-refractivity contribution >= 4 is 23.2 Å². The summed E-state index contributed by atoms with van der Waals surface area (Å²) in [6.07, 6.45) is 0.783. The van der Waals surface area contributed by atoms with Gasteiger partial charge >= 0.3 is 0 Å². The standard InChI is InChI=1S/C16H24N2O2S/c1-15(2,3)12-13(19)17-16(4,5)14(20)18(12)8-6-11-7-9-21-10-11/h7,9-10,12H,6,8H2,1-5H3,(H,17,19). The largest absolute Gasteiger partial charge is 0.340 e. The first kappa shape index (κ1) is 16.0. The minimum atomic E-state index is -0.826. The fourth-order valence-electron chi connectivity index (χ4n) is 2.82. The summed E-state index contributed by atoms with van der Waals surface area (Å²) in [7, 11) is 0. The molecule has 0 saturated carbocycles. The Balaban J connectivity index is 2.25. The van der Waals surface area contributed by atoms with Crippen LogP contribution in [0.25, 0.3) is 0 Å². The number of amides is 2. The second-order valence-corrected chi connectivity index (χ2v) is 8.04. The van der Waals surface area contributed by atoms with E-state index >= 15 is 0 Å². The van der Waals surface area contributed by atoms with Gasteiger partial charge in [-0.15, -0.1) is 0 Å². The van der Waals surface area contributed by atoms with E-state index in [0.29, 0.717) is 6.54 Å². The van der Waals surface area contributed by atoms with Crippen molar-refractivity contribution in [2.24, 2.45) is 5.41 Å². The minimum absolute atomic E-state index is 0.00254. The van der Waals surface area contributed by atoms with Crippen LogP contribution in [0.4, 0.5) is 0 Å². The molecular weight excluding hydrogens is 284 g/mol. The van der Waals surface area contributed by atoms with E-state index < -0.39 is 11.6 Å². The van der Waals surface area contributed by atoms with Crippen LogP contribution in [0.5, 0.6) is 0 Å². The average Bonchev–Trinajstić information content (AvgIpc) is 2.82. The van der Waals surface area contributed by atoms with Gasteiger partial charge in [0.1, 0.15) is 11.6 Å². The highest BCUT2D eigenvalue weighted by atomic mass is 32.1. The van der Waals surface area contributed by atoms with Crippen molar-refractivity contribution in [2.75, 3.05) is 6.54 Å². The molecular formula is C16H24N2O2S. The van der Waals surface area contributed by atoms with Gasteiger partial charge in [0.15, 0.2) is 0 Å². The lowest BCUT2D eigenvalue weighted by Gasteiger charge is -2.47. The van der Waals surface area contributed by atoms with Gasteiger partial charge in [0, 0.05) is 6.54 Å². The molecule has 0 aromatic carbocycles. The summed E-state index contributed by atoms with van der Waals surface area (Å²) < 4.78 is 0. The minimum Gasteiger partial charge on any atom is -0.340 e. The van der Waals surface area contributed by atoms with Gasteiger partial charge in [-0.1, -0.05) is 20.8 Å². The Bertz CT molecular complexity index is 529. The Labute approximate surface area is 130 Å². The topological polar surface area (TPSA) is 49.4 Å². The van der Waals surface area contributed by atoms with Crippen LogP contribution in [0.15, 0.2) is 16.8 Å². The maximum atomic E-state index is 12.7. The molecule has 4 nitrogen and oxygen atoms in total. The summed E-state index contributed by atoms with van der Waals surface area (Å²) in [4.78, 5) is 27.0. The van der Waals surface area contributed by atoms with E-state index in [-0.39, 0.29) is 17.2 Å². The molecule has 1 aromatic rings. The molecule has 1 fully saturated rings. The molecule has 1 unspecified atom stereocenters. The van der Waals surface area contributed by atoms with Crippen LogP contribution >= 0.6 is 11.3 Å². The van der Waals surface area contributed by atoms with Crippen molar-refractivity contribution in [3.8, 4) is 0 Å². The summed E-state index contributed by atoms with van der Waals surface area (Å²) in [5.41, 5.74) is 0.0995. The number of thiophene rings is 1. The Hall–Kier alpha value is -1.36. The van der Waals surface area contributed by atoms with Crippen molar-refractivity contribution in [2.45, 2.75) is 52.6 Å². The molecule has 1 atom stereocenters. The van der Waals surface area contributed by atoms with E-state index in [4.69, 9.17) is 0 Å². The highest BCUT2D eigenvalue weighted by Crippen LogP contribution is 2.30. The normalized spacial score (nSPS) is 22.3. The smallest absolute Gasteiger partial charge is 0.248 e. The molecule has 1 saturated heterocycles. The Morgan fingerprint density at radius 2 is 2.00 bits per heavy atom. The fourth-order valence-corrected chi connectivity index (χ4v) is 3.53. The zero-order valence-electron chi connectivity index (χ0n) is 13.4. The molecule has 5 heteroatoms. The third-order valence-corrected chi connectivity index (χ3v) is 4.57. The highest BCUT2D eigenvalue weighted by molar-refractivity contribution is 7.07. The monoisotopic (exact) mass is 308 g/mol. The molecule has 116 valence electrons. The van der Waals surface area contributed by atoms with E-state index in [1.54, 1.807) is 30.1 Å². The van der Waals surface area contributed by atoms with Crippen molar-refractivity contribution in [3.05, 3.63) is 22.4 Å². The lowest BCUT2D eigenvalue weighted by Crippen LogP contribution is -2.70. The summed E-state index contributed by atoms with van der Waals surface area (Å²) in [6.45, 7) is 10.1. The highest BCUT2D eigenvalue weighted by Gasteiger charge is 2.49. The molecule has 1 aliphatic rings. The average molecular weight is 308 g/mol. The quantitative estimate of drug-likeness (QED) is 0.932. The van der Waals surface area contributed by atoms with E-state index in [1.165, 1.54) is 5.56 Å². The third kappa shape index (κ3) is 3.28. The maximum Gasteiger partial charge on any atom is 0.248 e. The van der Waals surface area contributed by atoms with Crippen molar-refractivity contribution in [1.29, 1.82) is 0 Å². The molecule has 0 spiro atoms. The lowest BCUT2D eigenvalue weighted by molar-refractivity contribution is -0.157. The van der Waals surface area contributed by atoms with Gasteiger partial charge in [0.25, 0.3) is 0 Å². The molecule has 1 aromatic heterocycles. The number of nitrogens with one attached hydrogen (secondary N) is 1. The Kier molecular flexibility index (Phi) is 4.15. The third-order valence-electron chi connectivity index (χ3n) is 3.83. The molecule has 0 bridgehead atoms. The molecule has 0 aliphatic carbocycles. The summed E-state index contributed by atoms with van der Waals surface area (Å²) in [5.74, 6) is -0.0605. The predicted octanol–water partition coefficient (Wildman–Crippen LogP) is 2.44. The number of piperazine rings is 1. The van der Waals surface area contributed by atoms with Crippen LogP contribution in [0.2, 0.25) is 0 Å². The first-order valence-corrected chi connectivity index (χ1v) is 8.21. The first-order chi connectivity index (χ1) is 9.63.